The van der Waals surface area contributed by atoms with Gasteiger partial charge in [0.05, 0.1) is 5.56 Å². The van der Waals surface area contributed by atoms with E-state index in [2.05, 4.69) is 4.98 Å². The zero-order valence-electron chi connectivity index (χ0n) is 7.17. The van der Waals surface area contributed by atoms with Crippen LogP contribution in [-0.4, -0.2) is 17.7 Å². The number of esters is 1. The van der Waals surface area contributed by atoms with Gasteiger partial charge in [0.25, 0.3) is 0 Å². The Morgan fingerprint density at radius 3 is 3.14 bits per heavy atom. The summed E-state index contributed by atoms with van der Waals surface area (Å²) >= 11 is 0. The molecule has 2 heterocycles. The van der Waals surface area contributed by atoms with Gasteiger partial charge in [-0.25, -0.2) is 4.79 Å². The van der Waals surface area contributed by atoms with Crippen LogP contribution in [-0.2, 0) is 14.2 Å². The van der Waals surface area contributed by atoms with Gasteiger partial charge in [0.1, 0.15) is 0 Å². The fourth-order valence-electron chi connectivity index (χ4n) is 0.915. The topological polar surface area (TPSA) is 57.7 Å². The average molecular weight is 193 g/mol. The molecule has 0 aromatic carbocycles. The lowest BCUT2D eigenvalue weighted by Crippen LogP contribution is -2.05. The SMILES string of the molecule is O=C(OC1=COCO1)c1cccnc1. The zero-order chi connectivity index (χ0) is 9.80. The molecule has 0 fully saturated rings. The van der Waals surface area contributed by atoms with Crippen molar-refractivity contribution in [2.45, 2.75) is 0 Å². The summed E-state index contributed by atoms with van der Waals surface area (Å²) in [5.74, 6) is -0.450. The van der Waals surface area contributed by atoms with Crippen molar-refractivity contribution in [1.29, 1.82) is 0 Å². The van der Waals surface area contributed by atoms with E-state index in [0.29, 0.717) is 5.56 Å². The van der Waals surface area contributed by atoms with Crippen LogP contribution in [0.2, 0.25) is 0 Å². The Labute approximate surface area is 79.9 Å². The normalized spacial score (nSPS) is 13.9. The van der Waals surface area contributed by atoms with Crippen LogP contribution in [0, 0.1) is 0 Å². The molecule has 2 rings (SSSR count). The van der Waals surface area contributed by atoms with Gasteiger partial charge in [0.15, 0.2) is 6.26 Å². The predicted octanol–water partition coefficient (Wildman–Crippen LogP) is 1.04. The molecular formula is C9H7NO4. The summed E-state index contributed by atoms with van der Waals surface area (Å²) in [5, 5.41) is 0. The fourth-order valence-corrected chi connectivity index (χ4v) is 0.915. The van der Waals surface area contributed by atoms with Gasteiger partial charge in [0, 0.05) is 12.4 Å². The maximum absolute atomic E-state index is 11.4. The molecule has 0 aliphatic carbocycles. The van der Waals surface area contributed by atoms with Gasteiger partial charge < -0.3 is 14.2 Å². The second-order valence-electron chi connectivity index (χ2n) is 2.50. The number of carbonyl (C=O) groups is 1. The number of ether oxygens (including phenoxy) is 3. The van der Waals surface area contributed by atoms with Crippen LogP contribution in [0.3, 0.4) is 0 Å². The average Bonchev–Trinajstić information content (AvgIpc) is 2.72. The minimum absolute atomic E-state index is 0.0684. The number of hydrogen-bond acceptors (Lipinski definition) is 5. The molecular weight excluding hydrogens is 186 g/mol. The molecule has 0 unspecified atom stereocenters. The highest BCUT2D eigenvalue weighted by Crippen LogP contribution is 2.10. The molecule has 0 saturated heterocycles. The van der Waals surface area contributed by atoms with Crippen molar-refractivity contribution in [3.63, 3.8) is 0 Å². The highest BCUT2D eigenvalue weighted by molar-refractivity contribution is 5.89. The molecule has 14 heavy (non-hydrogen) atoms. The Morgan fingerprint density at radius 1 is 1.57 bits per heavy atom. The molecule has 1 aliphatic heterocycles. The zero-order valence-corrected chi connectivity index (χ0v) is 7.17. The molecule has 0 radical (unpaired) electrons. The maximum Gasteiger partial charge on any atom is 0.347 e. The van der Waals surface area contributed by atoms with Crippen LogP contribution in [0.15, 0.2) is 36.7 Å². The van der Waals surface area contributed by atoms with Gasteiger partial charge >= 0.3 is 11.9 Å². The first-order valence-electron chi connectivity index (χ1n) is 3.93. The maximum atomic E-state index is 11.4. The summed E-state index contributed by atoms with van der Waals surface area (Å²) in [6.07, 6.45) is 4.23. The minimum atomic E-state index is -0.519. The van der Waals surface area contributed by atoms with Gasteiger partial charge in [-0.15, -0.1) is 0 Å². The Balaban J connectivity index is 2.03. The molecule has 5 nitrogen and oxygen atoms in total. The predicted molar refractivity (Wildman–Crippen MR) is 44.8 cm³/mol. The summed E-state index contributed by atoms with van der Waals surface area (Å²) in [7, 11) is 0. The molecule has 1 aliphatic rings. The lowest BCUT2D eigenvalue weighted by molar-refractivity contribution is 0.0105. The first-order valence-corrected chi connectivity index (χ1v) is 3.93. The van der Waals surface area contributed by atoms with E-state index in [1.165, 1.54) is 12.5 Å². The number of carbonyl (C=O) groups excluding carboxylic acids is 1. The molecule has 0 N–H and O–H groups in total. The smallest absolute Gasteiger partial charge is 0.347 e. The third kappa shape index (κ3) is 1.82. The summed E-state index contributed by atoms with van der Waals surface area (Å²) in [6.45, 7) is 0.0790. The Bertz CT molecular complexity index is 360. The van der Waals surface area contributed by atoms with Crippen LogP contribution >= 0.6 is 0 Å². The van der Waals surface area contributed by atoms with Crippen LogP contribution < -0.4 is 0 Å². The van der Waals surface area contributed by atoms with E-state index in [0.717, 1.165) is 0 Å². The minimum Gasteiger partial charge on any atom is -0.458 e. The van der Waals surface area contributed by atoms with Gasteiger partial charge in [-0.2, -0.15) is 0 Å². The number of hydrogen-bond donors (Lipinski definition) is 0. The molecule has 0 saturated carbocycles. The van der Waals surface area contributed by atoms with E-state index >= 15 is 0 Å². The lowest BCUT2D eigenvalue weighted by Gasteiger charge is -2.01. The highest BCUT2D eigenvalue weighted by atomic mass is 16.8. The van der Waals surface area contributed by atoms with Gasteiger partial charge in [-0.05, 0) is 12.1 Å². The van der Waals surface area contributed by atoms with Crippen molar-refractivity contribution < 1.29 is 19.0 Å². The third-order valence-electron chi connectivity index (χ3n) is 1.54. The van der Waals surface area contributed by atoms with E-state index in [1.807, 2.05) is 0 Å². The first-order chi connectivity index (χ1) is 6.86. The molecule has 1 aromatic rings. The highest BCUT2D eigenvalue weighted by Gasteiger charge is 2.14. The molecule has 72 valence electrons. The second-order valence-corrected chi connectivity index (χ2v) is 2.50. The fraction of sp³-hybridized carbons (Fsp3) is 0.111. The van der Waals surface area contributed by atoms with Gasteiger partial charge in [-0.1, -0.05) is 0 Å². The van der Waals surface area contributed by atoms with E-state index < -0.39 is 5.97 Å². The number of nitrogens with zero attached hydrogens (tertiary/aromatic N) is 1. The molecule has 0 amide bonds. The van der Waals surface area contributed by atoms with Gasteiger partial charge in [0.2, 0.25) is 6.79 Å². The van der Waals surface area contributed by atoms with Crippen LogP contribution in [0.1, 0.15) is 10.4 Å². The summed E-state index contributed by atoms with van der Waals surface area (Å²) < 4.78 is 14.4. The summed E-state index contributed by atoms with van der Waals surface area (Å²) in [5.41, 5.74) is 0.365. The molecule has 0 bridgehead atoms. The van der Waals surface area contributed by atoms with Crippen molar-refractivity contribution in [3.05, 3.63) is 42.3 Å². The first kappa shape index (κ1) is 8.55. The molecule has 0 spiro atoms. The Hall–Kier alpha value is -2.04. The van der Waals surface area contributed by atoms with Crippen molar-refractivity contribution in [3.8, 4) is 0 Å². The van der Waals surface area contributed by atoms with Crippen molar-refractivity contribution in [2.24, 2.45) is 0 Å². The van der Waals surface area contributed by atoms with Crippen LogP contribution in [0.4, 0.5) is 0 Å². The van der Waals surface area contributed by atoms with E-state index in [4.69, 9.17) is 14.2 Å². The Kier molecular flexibility index (Phi) is 2.31. The summed E-state index contributed by atoms with van der Waals surface area (Å²) in [4.78, 5) is 15.1. The standard InChI is InChI=1S/C9H7NO4/c11-9(7-2-1-3-10-4-7)14-8-5-12-6-13-8/h1-5H,6H2. The van der Waals surface area contributed by atoms with Crippen LogP contribution in [0.5, 0.6) is 0 Å². The number of rotatable bonds is 2. The van der Waals surface area contributed by atoms with E-state index in [1.54, 1.807) is 18.3 Å². The largest absolute Gasteiger partial charge is 0.458 e. The summed E-state index contributed by atoms with van der Waals surface area (Å²) in [6, 6.07) is 3.25. The molecule has 0 atom stereocenters. The second kappa shape index (κ2) is 3.78. The van der Waals surface area contributed by atoms with Crippen LogP contribution in [0.25, 0.3) is 0 Å². The van der Waals surface area contributed by atoms with E-state index in [-0.39, 0.29) is 12.7 Å². The monoisotopic (exact) mass is 193 g/mol. The third-order valence-corrected chi connectivity index (χ3v) is 1.54. The van der Waals surface area contributed by atoms with Crippen molar-refractivity contribution in [1.82, 2.24) is 4.98 Å². The number of aromatic nitrogens is 1. The van der Waals surface area contributed by atoms with E-state index in [9.17, 15) is 4.79 Å². The molecule has 1 aromatic heterocycles. The van der Waals surface area contributed by atoms with Crippen molar-refractivity contribution >= 4 is 5.97 Å². The van der Waals surface area contributed by atoms with Gasteiger partial charge in [-0.3, -0.25) is 4.98 Å². The number of pyridine rings is 1. The quantitative estimate of drug-likeness (QED) is 0.657. The lowest BCUT2D eigenvalue weighted by atomic mass is 10.3. The molecule has 5 heteroatoms. The Morgan fingerprint density at radius 2 is 2.50 bits per heavy atom. The van der Waals surface area contributed by atoms with Crippen molar-refractivity contribution in [2.75, 3.05) is 6.79 Å².